The van der Waals surface area contributed by atoms with Gasteiger partial charge in [0.1, 0.15) is 5.75 Å². The van der Waals surface area contributed by atoms with E-state index in [1.807, 2.05) is 31.2 Å². The fraction of sp³-hybridized carbons (Fsp3) is 0.333. The van der Waals surface area contributed by atoms with Gasteiger partial charge in [-0.25, -0.2) is 0 Å². The maximum absolute atomic E-state index is 10.3. The van der Waals surface area contributed by atoms with Crippen LogP contribution in [-0.2, 0) is 6.54 Å². The molecule has 0 radical (unpaired) electrons. The van der Waals surface area contributed by atoms with Crippen molar-refractivity contribution < 1.29 is 9.84 Å². The molecule has 108 valence electrons. The van der Waals surface area contributed by atoms with Gasteiger partial charge < -0.3 is 15.2 Å². The maximum atomic E-state index is 10.3. The van der Waals surface area contributed by atoms with Gasteiger partial charge in [0, 0.05) is 23.5 Å². The van der Waals surface area contributed by atoms with E-state index in [2.05, 4.69) is 27.3 Å². The highest BCUT2D eigenvalue weighted by Gasteiger charge is 2.13. The molecular weight excluding hydrogens is 338 g/mol. The van der Waals surface area contributed by atoms with E-state index >= 15 is 0 Å². The molecule has 5 heteroatoms. The molecule has 2 N–H and O–H groups in total. The summed E-state index contributed by atoms with van der Waals surface area (Å²) >= 11 is 5.13. The van der Waals surface area contributed by atoms with E-state index in [-0.39, 0.29) is 0 Å². The fourth-order valence-corrected chi connectivity index (χ4v) is 3.46. The van der Waals surface area contributed by atoms with Crippen molar-refractivity contribution >= 4 is 27.3 Å². The third kappa shape index (κ3) is 4.06. The molecule has 0 spiro atoms. The standard InChI is InChI=1S/C15H18BrNO2S/c1-10-3-5-14(19-2)12(7-10)13(18)9-17-8-11-4-6-15(16)20-11/h3-7,13,17-18H,8-9H2,1-2H3. The second kappa shape index (κ2) is 7.22. The second-order valence-corrected chi connectivity index (χ2v) is 7.15. The van der Waals surface area contributed by atoms with Crippen molar-refractivity contribution in [1.29, 1.82) is 0 Å². The number of halogens is 1. The summed E-state index contributed by atoms with van der Waals surface area (Å²) < 4.78 is 6.42. The highest BCUT2D eigenvalue weighted by atomic mass is 79.9. The molecule has 0 aliphatic carbocycles. The fourth-order valence-electron chi connectivity index (χ4n) is 2.00. The predicted molar refractivity (Wildman–Crippen MR) is 86.4 cm³/mol. The van der Waals surface area contributed by atoms with Gasteiger partial charge in [0.25, 0.3) is 0 Å². The number of aliphatic hydroxyl groups is 1. The van der Waals surface area contributed by atoms with Crippen molar-refractivity contribution in [1.82, 2.24) is 5.32 Å². The maximum Gasteiger partial charge on any atom is 0.124 e. The van der Waals surface area contributed by atoms with E-state index in [4.69, 9.17) is 4.74 Å². The number of nitrogens with one attached hydrogen (secondary N) is 1. The first kappa shape index (κ1) is 15.5. The van der Waals surface area contributed by atoms with Crippen molar-refractivity contribution in [2.24, 2.45) is 0 Å². The van der Waals surface area contributed by atoms with Gasteiger partial charge in [0.2, 0.25) is 0 Å². The summed E-state index contributed by atoms with van der Waals surface area (Å²) in [7, 11) is 1.62. The average molecular weight is 356 g/mol. The number of aliphatic hydroxyl groups excluding tert-OH is 1. The smallest absolute Gasteiger partial charge is 0.124 e. The van der Waals surface area contributed by atoms with Gasteiger partial charge in [0.15, 0.2) is 0 Å². The van der Waals surface area contributed by atoms with E-state index in [0.717, 1.165) is 27.2 Å². The minimum atomic E-state index is -0.576. The third-order valence-corrected chi connectivity index (χ3v) is 4.63. The average Bonchev–Trinajstić information content (AvgIpc) is 2.84. The van der Waals surface area contributed by atoms with Crippen LogP contribution in [-0.4, -0.2) is 18.8 Å². The van der Waals surface area contributed by atoms with Crippen molar-refractivity contribution in [3.63, 3.8) is 0 Å². The zero-order valence-corrected chi connectivity index (χ0v) is 13.9. The summed E-state index contributed by atoms with van der Waals surface area (Å²) in [4.78, 5) is 1.24. The van der Waals surface area contributed by atoms with Crippen LogP contribution in [0.1, 0.15) is 22.1 Å². The Hall–Kier alpha value is -0.880. The van der Waals surface area contributed by atoms with Gasteiger partial charge in [-0.1, -0.05) is 11.6 Å². The van der Waals surface area contributed by atoms with Crippen LogP contribution in [0.25, 0.3) is 0 Å². The number of thiophene rings is 1. The molecule has 2 aromatic rings. The lowest BCUT2D eigenvalue weighted by atomic mass is 10.1. The van der Waals surface area contributed by atoms with Crippen LogP contribution in [0.4, 0.5) is 0 Å². The van der Waals surface area contributed by atoms with Gasteiger partial charge in [-0.3, -0.25) is 0 Å². The summed E-state index contributed by atoms with van der Waals surface area (Å²) in [5, 5.41) is 13.6. The molecule has 1 heterocycles. The second-order valence-electron chi connectivity index (χ2n) is 4.60. The molecule has 0 aliphatic heterocycles. The van der Waals surface area contributed by atoms with Crippen LogP contribution in [0, 0.1) is 6.92 Å². The molecule has 1 aromatic carbocycles. The summed E-state index contributed by atoms with van der Waals surface area (Å²) in [6.07, 6.45) is -0.576. The van der Waals surface area contributed by atoms with Crippen molar-refractivity contribution in [3.05, 3.63) is 50.1 Å². The molecule has 20 heavy (non-hydrogen) atoms. The molecule has 0 saturated carbocycles. The molecule has 0 saturated heterocycles. The molecule has 2 rings (SSSR count). The first-order valence-corrected chi connectivity index (χ1v) is 7.98. The Morgan fingerprint density at radius 3 is 2.80 bits per heavy atom. The van der Waals surface area contributed by atoms with E-state index in [0.29, 0.717) is 6.54 Å². The van der Waals surface area contributed by atoms with Gasteiger partial charge in [-0.05, 0) is 47.1 Å². The number of rotatable bonds is 6. The highest BCUT2D eigenvalue weighted by Crippen LogP contribution is 2.26. The topological polar surface area (TPSA) is 41.5 Å². The lowest BCUT2D eigenvalue weighted by molar-refractivity contribution is 0.170. The van der Waals surface area contributed by atoms with Gasteiger partial charge >= 0.3 is 0 Å². The Morgan fingerprint density at radius 1 is 1.35 bits per heavy atom. The number of hydrogen-bond donors (Lipinski definition) is 2. The first-order valence-electron chi connectivity index (χ1n) is 6.37. The zero-order valence-electron chi connectivity index (χ0n) is 11.5. The van der Waals surface area contributed by atoms with Crippen LogP contribution in [0.3, 0.4) is 0 Å². The van der Waals surface area contributed by atoms with Crippen LogP contribution < -0.4 is 10.1 Å². The third-order valence-electron chi connectivity index (χ3n) is 3.01. The van der Waals surface area contributed by atoms with Crippen molar-refractivity contribution in [2.45, 2.75) is 19.6 Å². The minimum Gasteiger partial charge on any atom is -0.496 e. The van der Waals surface area contributed by atoms with Crippen LogP contribution in [0.2, 0.25) is 0 Å². The Morgan fingerprint density at radius 2 is 2.15 bits per heavy atom. The normalized spacial score (nSPS) is 12.4. The van der Waals surface area contributed by atoms with Crippen LogP contribution in [0.5, 0.6) is 5.75 Å². The zero-order chi connectivity index (χ0) is 14.5. The van der Waals surface area contributed by atoms with E-state index in [1.165, 1.54) is 4.88 Å². The van der Waals surface area contributed by atoms with E-state index in [9.17, 15) is 5.11 Å². The van der Waals surface area contributed by atoms with Crippen LogP contribution in [0.15, 0.2) is 34.1 Å². The van der Waals surface area contributed by atoms with Gasteiger partial charge in [0.05, 0.1) is 17.0 Å². The molecule has 0 bridgehead atoms. The highest BCUT2D eigenvalue weighted by molar-refractivity contribution is 9.11. The van der Waals surface area contributed by atoms with Crippen molar-refractivity contribution in [2.75, 3.05) is 13.7 Å². The summed E-state index contributed by atoms with van der Waals surface area (Å²) in [6, 6.07) is 9.94. The molecular formula is C15H18BrNO2S. The Balaban J connectivity index is 1.94. The number of ether oxygens (including phenoxy) is 1. The number of benzene rings is 1. The molecule has 0 aliphatic rings. The number of methoxy groups -OCH3 is 1. The first-order chi connectivity index (χ1) is 9.60. The SMILES string of the molecule is COc1ccc(C)cc1C(O)CNCc1ccc(Br)s1. The van der Waals surface area contributed by atoms with E-state index in [1.54, 1.807) is 18.4 Å². The predicted octanol–water partition coefficient (Wildman–Crippen LogP) is 3.65. The molecule has 1 atom stereocenters. The van der Waals surface area contributed by atoms with Gasteiger partial charge in [-0.15, -0.1) is 11.3 Å². The number of hydrogen-bond acceptors (Lipinski definition) is 4. The summed E-state index contributed by atoms with van der Waals surface area (Å²) in [5.74, 6) is 0.726. The largest absolute Gasteiger partial charge is 0.496 e. The quantitative estimate of drug-likeness (QED) is 0.830. The number of aryl methyl sites for hydroxylation is 1. The summed E-state index contributed by atoms with van der Waals surface area (Å²) in [5.41, 5.74) is 1.94. The van der Waals surface area contributed by atoms with E-state index < -0.39 is 6.10 Å². The molecule has 0 fully saturated rings. The molecule has 1 aromatic heterocycles. The molecule has 0 amide bonds. The Kier molecular flexibility index (Phi) is 5.60. The lowest BCUT2D eigenvalue weighted by Crippen LogP contribution is -2.21. The lowest BCUT2D eigenvalue weighted by Gasteiger charge is -2.16. The monoisotopic (exact) mass is 355 g/mol. The van der Waals surface area contributed by atoms with Crippen molar-refractivity contribution in [3.8, 4) is 5.75 Å². The molecule has 1 unspecified atom stereocenters. The Labute approximate surface area is 131 Å². The summed E-state index contributed by atoms with van der Waals surface area (Å²) in [6.45, 7) is 3.25. The van der Waals surface area contributed by atoms with Crippen LogP contribution >= 0.6 is 27.3 Å². The molecule has 3 nitrogen and oxygen atoms in total. The van der Waals surface area contributed by atoms with Gasteiger partial charge in [-0.2, -0.15) is 0 Å². The Bertz CT molecular complexity index is 571. The minimum absolute atomic E-state index is 0.495.